The van der Waals surface area contributed by atoms with E-state index >= 15 is 0 Å². The zero-order valence-corrected chi connectivity index (χ0v) is 33.1. The lowest BCUT2D eigenvalue weighted by Crippen LogP contribution is -2.22. The van der Waals surface area contributed by atoms with Crippen molar-refractivity contribution in [2.24, 2.45) is 0 Å². The maximum atomic E-state index is 2.57. The summed E-state index contributed by atoms with van der Waals surface area (Å²) in [7, 11) is 0. The van der Waals surface area contributed by atoms with Crippen LogP contribution in [-0.4, -0.2) is 13.1 Å². The van der Waals surface area contributed by atoms with Crippen molar-refractivity contribution < 1.29 is 0 Å². The molecular weight excluding hydrogens is 693 g/mol. The largest absolute Gasteiger partial charge is 0.340 e. The predicted molar refractivity (Wildman–Crippen MR) is 236 cm³/mol. The summed E-state index contributed by atoms with van der Waals surface area (Å²) in [5.74, 6) is 0. The van der Waals surface area contributed by atoms with E-state index in [1.54, 1.807) is 0 Å². The van der Waals surface area contributed by atoms with E-state index in [2.05, 4.69) is 157 Å². The van der Waals surface area contributed by atoms with E-state index in [1.807, 2.05) is 23.5 Å². The Labute approximate surface area is 329 Å². The van der Waals surface area contributed by atoms with Crippen molar-refractivity contribution in [2.45, 2.75) is 84.8 Å². The quantitative estimate of drug-likeness (QED) is 0.0908. The normalized spacial score (nSPS) is 13.1. The minimum Gasteiger partial charge on any atom is -0.340 e. The van der Waals surface area contributed by atoms with Gasteiger partial charge in [0.1, 0.15) is 0 Å². The van der Waals surface area contributed by atoms with Gasteiger partial charge >= 0.3 is 0 Å². The van der Waals surface area contributed by atoms with E-state index in [4.69, 9.17) is 0 Å². The van der Waals surface area contributed by atoms with Gasteiger partial charge < -0.3 is 9.80 Å². The molecule has 2 aliphatic heterocycles. The molecule has 0 saturated heterocycles. The van der Waals surface area contributed by atoms with Gasteiger partial charge in [-0.2, -0.15) is 0 Å². The summed E-state index contributed by atoms with van der Waals surface area (Å²) in [6.45, 7) is 6.67. The highest BCUT2D eigenvalue weighted by atomic mass is 32.2. The molecule has 2 aliphatic rings. The fraction of sp³-hybridized carbons (Fsp3) is 0.240. The van der Waals surface area contributed by atoms with Gasteiger partial charge in [0.2, 0.25) is 0 Å². The van der Waals surface area contributed by atoms with E-state index in [1.165, 1.54) is 137 Å². The van der Waals surface area contributed by atoms with Crippen molar-refractivity contribution in [1.82, 2.24) is 0 Å². The third-order valence-corrected chi connectivity index (χ3v) is 13.5. The third-order valence-electron chi connectivity index (χ3n) is 11.2. The van der Waals surface area contributed by atoms with Gasteiger partial charge in [-0.15, -0.1) is 0 Å². The summed E-state index contributed by atoms with van der Waals surface area (Å²) in [4.78, 5) is 10.5. The van der Waals surface area contributed by atoms with Crippen molar-refractivity contribution in [2.75, 3.05) is 22.9 Å². The zero-order valence-electron chi connectivity index (χ0n) is 31.5. The molecule has 9 rings (SSSR count). The second-order valence-electron chi connectivity index (χ2n) is 14.8. The molecule has 7 aromatic carbocycles. The average Bonchev–Trinajstić information content (AvgIpc) is 3.21. The van der Waals surface area contributed by atoms with Gasteiger partial charge in [0.15, 0.2) is 0 Å². The first-order valence-electron chi connectivity index (χ1n) is 20.0. The number of anilines is 4. The van der Waals surface area contributed by atoms with E-state index < -0.39 is 0 Å². The van der Waals surface area contributed by atoms with Crippen molar-refractivity contribution in [3.05, 3.63) is 133 Å². The number of rotatable bonds is 12. The maximum absolute atomic E-state index is 2.57. The molecule has 0 fully saturated rings. The topological polar surface area (TPSA) is 6.48 Å². The molecule has 0 atom stereocenters. The Morgan fingerprint density at radius 2 is 0.741 bits per heavy atom. The Bertz CT molecular complexity index is 2240. The van der Waals surface area contributed by atoms with Crippen LogP contribution >= 0.6 is 23.5 Å². The highest BCUT2D eigenvalue weighted by Crippen LogP contribution is 2.53. The summed E-state index contributed by atoms with van der Waals surface area (Å²) < 4.78 is 0. The summed E-state index contributed by atoms with van der Waals surface area (Å²) in [6, 6.07) is 50.5. The molecular formula is C50H48N2S2. The zero-order chi connectivity index (χ0) is 36.4. The predicted octanol–water partition coefficient (Wildman–Crippen LogP) is 15.7. The van der Waals surface area contributed by atoms with Crippen molar-refractivity contribution in [1.29, 1.82) is 0 Å². The molecule has 0 amide bonds. The Morgan fingerprint density at radius 1 is 0.370 bits per heavy atom. The van der Waals surface area contributed by atoms with Crippen LogP contribution in [-0.2, 0) is 0 Å². The van der Waals surface area contributed by atoms with Crippen LogP contribution < -0.4 is 9.80 Å². The highest BCUT2D eigenvalue weighted by molar-refractivity contribution is 8.00. The Morgan fingerprint density at radius 3 is 1.15 bits per heavy atom. The molecule has 2 heterocycles. The van der Waals surface area contributed by atoms with Crippen LogP contribution in [0.2, 0.25) is 0 Å². The molecule has 7 aromatic rings. The number of benzene rings is 7. The standard InChI is InChI=1S/C50H48N2S2/c1-3-5-7-17-31-51-41-23-13-15-25-45(41)53-47-33-35(27-29-43(47)51)49-37-19-9-11-21-39(37)50(40-22-12-10-20-38(40)49)36-28-30-44-48(34-36)54-46-26-16-14-24-42(46)52(44)32-18-8-6-4-2/h9-16,19-30,33-34H,3-8,17-18,31-32H2,1-2H3. The molecule has 0 unspecified atom stereocenters. The first-order valence-corrected chi connectivity index (χ1v) is 21.7. The van der Waals surface area contributed by atoms with E-state index in [0.29, 0.717) is 0 Å². The van der Waals surface area contributed by atoms with E-state index in [9.17, 15) is 0 Å². The lowest BCUT2D eigenvalue weighted by molar-refractivity contribution is 0.666. The fourth-order valence-corrected chi connectivity index (χ4v) is 10.9. The van der Waals surface area contributed by atoms with Crippen molar-refractivity contribution in [3.8, 4) is 22.3 Å². The maximum Gasteiger partial charge on any atom is 0.0553 e. The molecule has 0 saturated carbocycles. The molecule has 54 heavy (non-hydrogen) atoms. The van der Waals surface area contributed by atoms with Gasteiger partial charge in [0.05, 0.1) is 22.7 Å². The van der Waals surface area contributed by atoms with Gasteiger partial charge in [-0.3, -0.25) is 0 Å². The first kappa shape index (κ1) is 35.1. The van der Waals surface area contributed by atoms with Crippen LogP contribution in [0.1, 0.15) is 65.2 Å². The average molecular weight is 741 g/mol. The molecule has 0 spiro atoms. The minimum atomic E-state index is 1.05. The van der Waals surface area contributed by atoms with Crippen LogP contribution in [0.5, 0.6) is 0 Å². The summed E-state index contributed by atoms with van der Waals surface area (Å²) in [6.07, 6.45) is 10.0. The van der Waals surface area contributed by atoms with Gasteiger partial charge in [0.25, 0.3) is 0 Å². The molecule has 2 nitrogen and oxygen atoms in total. The number of fused-ring (bicyclic) bond motifs is 6. The summed E-state index contributed by atoms with van der Waals surface area (Å²) in [5, 5.41) is 5.21. The van der Waals surface area contributed by atoms with Crippen LogP contribution in [0.4, 0.5) is 22.7 Å². The van der Waals surface area contributed by atoms with Gasteiger partial charge in [0, 0.05) is 32.7 Å². The van der Waals surface area contributed by atoms with Crippen LogP contribution in [0.15, 0.2) is 153 Å². The molecule has 4 heteroatoms. The molecule has 0 aromatic heterocycles. The third kappa shape index (κ3) is 6.48. The number of nitrogens with zero attached hydrogens (tertiary/aromatic N) is 2. The Hall–Kier alpha value is -4.64. The van der Waals surface area contributed by atoms with Crippen LogP contribution in [0.3, 0.4) is 0 Å². The van der Waals surface area contributed by atoms with Gasteiger partial charge in [-0.1, -0.05) is 161 Å². The number of hydrogen-bond acceptors (Lipinski definition) is 4. The second-order valence-corrected chi connectivity index (χ2v) is 16.9. The summed E-state index contributed by atoms with van der Waals surface area (Å²) >= 11 is 3.83. The lowest BCUT2D eigenvalue weighted by Gasteiger charge is -2.33. The molecule has 0 aliphatic carbocycles. The molecule has 0 bridgehead atoms. The Balaban J connectivity index is 1.15. The van der Waals surface area contributed by atoms with Crippen LogP contribution in [0, 0.1) is 0 Å². The lowest BCUT2D eigenvalue weighted by atomic mass is 9.86. The van der Waals surface area contributed by atoms with Crippen molar-refractivity contribution in [3.63, 3.8) is 0 Å². The SMILES string of the molecule is CCCCCCN1c2ccccc2Sc2cc(-c3c4ccccc4c(-c4ccc5c(c4)Sc4ccccc4N5CCCCCC)c4ccccc34)ccc21. The number of hydrogen-bond donors (Lipinski definition) is 0. The van der Waals surface area contributed by atoms with Gasteiger partial charge in [-0.25, -0.2) is 0 Å². The smallest absolute Gasteiger partial charge is 0.0553 e. The number of unbranched alkanes of at least 4 members (excludes halogenated alkanes) is 6. The summed E-state index contributed by atoms with van der Waals surface area (Å²) in [5.41, 5.74) is 10.5. The van der Waals surface area contributed by atoms with Crippen LogP contribution in [0.25, 0.3) is 43.8 Å². The Kier molecular flexibility index (Phi) is 10.1. The van der Waals surface area contributed by atoms with Gasteiger partial charge in [-0.05, 0) is 105 Å². The number of para-hydroxylation sites is 2. The van der Waals surface area contributed by atoms with E-state index in [-0.39, 0.29) is 0 Å². The fourth-order valence-electron chi connectivity index (χ4n) is 8.60. The molecule has 0 radical (unpaired) electrons. The highest BCUT2D eigenvalue weighted by Gasteiger charge is 2.27. The van der Waals surface area contributed by atoms with Crippen molar-refractivity contribution >= 4 is 67.8 Å². The monoisotopic (exact) mass is 740 g/mol. The second kappa shape index (κ2) is 15.6. The minimum absolute atomic E-state index is 1.05. The first-order chi connectivity index (χ1) is 26.7. The molecule has 270 valence electrons. The molecule has 0 N–H and O–H groups in total. The van der Waals surface area contributed by atoms with E-state index in [0.717, 1.165) is 13.1 Å².